The molecule has 0 aliphatic carbocycles. The van der Waals surface area contributed by atoms with Gasteiger partial charge in [-0.25, -0.2) is 0 Å². The van der Waals surface area contributed by atoms with Crippen LogP contribution in [0.25, 0.3) is 0 Å². The second kappa shape index (κ2) is 65.9. The SMILES string of the molecule is CCCCC/C=C\C/C=C\CCCCCCCCCCCC(=O)OC[C@H](COC(=O)CCCCCCCCCCC/C=C\CCCCCCCC)OC(=O)CCCCCCCCCCCCC/C=C\CCCCCCCC. The number of allylic oxidation sites excluding steroid dienone is 8. The van der Waals surface area contributed by atoms with Crippen LogP contribution in [0.5, 0.6) is 0 Å². The molecule has 450 valence electrons. The van der Waals surface area contributed by atoms with Gasteiger partial charge >= 0.3 is 17.9 Å². The highest BCUT2D eigenvalue weighted by Crippen LogP contribution is 2.17. The molecule has 0 saturated heterocycles. The van der Waals surface area contributed by atoms with Crippen LogP contribution < -0.4 is 0 Å². The van der Waals surface area contributed by atoms with E-state index in [0.717, 1.165) is 64.2 Å². The Hall–Kier alpha value is -2.63. The molecule has 0 amide bonds. The third-order valence-electron chi connectivity index (χ3n) is 15.3. The van der Waals surface area contributed by atoms with Gasteiger partial charge in [0.2, 0.25) is 0 Å². The van der Waals surface area contributed by atoms with E-state index in [2.05, 4.69) is 69.4 Å². The molecular formula is C71H130O6. The third kappa shape index (κ3) is 64.1. The Morgan fingerprint density at radius 3 is 0.753 bits per heavy atom. The molecule has 0 saturated carbocycles. The summed E-state index contributed by atoms with van der Waals surface area (Å²) in [6.45, 7) is 6.66. The van der Waals surface area contributed by atoms with E-state index in [9.17, 15) is 14.4 Å². The van der Waals surface area contributed by atoms with E-state index in [1.165, 1.54) is 263 Å². The zero-order chi connectivity index (χ0) is 55.7. The zero-order valence-corrected chi connectivity index (χ0v) is 51.7. The van der Waals surface area contributed by atoms with Crippen molar-refractivity contribution >= 4 is 17.9 Å². The lowest BCUT2D eigenvalue weighted by molar-refractivity contribution is -0.167. The average molecular weight is 1080 g/mol. The Kier molecular flexibility index (Phi) is 63.6. The standard InChI is InChI=1S/C71H130O6/c1-4-7-10-13-16-19-22-25-28-31-34-35-38-41-44-47-50-53-56-59-62-65-71(74)77-68(66-75-69(72)63-60-57-54-51-48-45-42-39-36-32-29-26-23-20-17-14-11-8-5-2)67-76-70(73)64-61-58-55-52-49-46-43-40-37-33-30-27-24-21-18-15-12-9-6-3/h17,20,25-30,68H,4-16,18-19,21-24,31-67H2,1-3H3/b20-17-,28-25-,29-26-,30-27-/t68-/m1/s1. The monoisotopic (exact) mass is 1080 g/mol. The maximum atomic E-state index is 13.0. The van der Waals surface area contributed by atoms with Crippen molar-refractivity contribution in [1.82, 2.24) is 0 Å². The number of ether oxygens (including phenoxy) is 3. The summed E-state index contributed by atoms with van der Waals surface area (Å²) < 4.78 is 17.0. The van der Waals surface area contributed by atoms with E-state index >= 15 is 0 Å². The minimum absolute atomic E-state index is 0.0727. The van der Waals surface area contributed by atoms with Gasteiger partial charge in [0.25, 0.3) is 0 Å². The maximum absolute atomic E-state index is 13.0. The minimum Gasteiger partial charge on any atom is -0.462 e. The van der Waals surface area contributed by atoms with Crippen LogP contribution in [0.2, 0.25) is 0 Å². The summed E-state index contributed by atoms with van der Waals surface area (Å²) in [5.41, 5.74) is 0. The largest absolute Gasteiger partial charge is 0.462 e. The Bertz CT molecular complexity index is 1330. The molecule has 0 aromatic heterocycles. The van der Waals surface area contributed by atoms with Crippen LogP contribution in [0.4, 0.5) is 0 Å². The van der Waals surface area contributed by atoms with Crippen molar-refractivity contribution in [3.8, 4) is 0 Å². The lowest BCUT2D eigenvalue weighted by Crippen LogP contribution is -2.30. The van der Waals surface area contributed by atoms with E-state index in [1.807, 2.05) is 0 Å². The van der Waals surface area contributed by atoms with E-state index in [4.69, 9.17) is 14.2 Å². The first-order chi connectivity index (χ1) is 38.0. The summed E-state index contributed by atoms with van der Waals surface area (Å²) in [6.07, 6.45) is 82.6. The Labute approximate surface area is 479 Å². The summed E-state index contributed by atoms with van der Waals surface area (Å²) in [5, 5.41) is 0. The highest BCUT2D eigenvalue weighted by atomic mass is 16.6. The first-order valence-electron chi connectivity index (χ1n) is 34.1. The zero-order valence-electron chi connectivity index (χ0n) is 51.7. The molecule has 0 rings (SSSR count). The molecule has 0 N–H and O–H groups in total. The molecule has 0 aromatic carbocycles. The van der Waals surface area contributed by atoms with Gasteiger partial charge in [-0.3, -0.25) is 14.4 Å². The highest BCUT2D eigenvalue weighted by Gasteiger charge is 2.19. The van der Waals surface area contributed by atoms with Crippen LogP contribution in [0.1, 0.15) is 367 Å². The third-order valence-corrected chi connectivity index (χ3v) is 15.3. The summed E-state index contributed by atoms with van der Waals surface area (Å²) in [7, 11) is 0. The van der Waals surface area contributed by atoms with Crippen LogP contribution in [0, 0.1) is 0 Å². The van der Waals surface area contributed by atoms with Crippen molar-refractivity contribution in [1.29, 1.82) is 0 Å². The fraction of sp³-hybridized carbons (Fsp3) is 0.845. The van der Waals surface area contributed by atoms with Crippen LogP contribution in [-0.4, -0.2) is 37.2 Å². The first-order valence-corrected chi connectivity index (χ1v) is 34.1. The fourth-order valence-electron chi connectivity index (χ4n) is 10.1. The van der Waals surface area contributed by atoms with Gasteiger partial charge in [0.05, 0.1) is 0 Å². The molecular weight excluding hydrogens is 949 g/mol. The van der Waals surface area contributed by atoms with Crippen molar-refractivity contribution < 1.29 is 28.6 Å². The molecule has 0 spiro atoms. The highest BCUT2D eigenvalue weighted by molar-refractivity contribution is 5.71. The van der Waals surface area contributed by atoms with E-state index in [0.29, 0.717) is 19.3 Å². The van der Waals surface area contributed by atoms with Crippen molar-refractivity contribution in [3.63, 3.8) is 0 Å². The van der Waals surface area contributed by atoms with Gasteiger partial charge in [0.15, 0.2) is 6.10 Å². The van der Waals surface area contributed by atoms with Gasteiger partial charge < -0.3 is 14.2 Å². The molecule has 0 unspecified atom stereocenters. The lowest BCUT2D eigenvalue weighted by atomic mass is 10.0. The normalized spacial score (nSPS) is 12.3. The molecule has 1 atom stereocenters. The number of rotatable bonds is 63. The number of unbranched alkanes of at least 4 members (excludes halogenated alkanes) is 44. The summed E-state index contributed by atoms with van der Waals surface area (Å²) in [4.78, 5) is 38.4. The van der Waals surface area contributed by atoms with Crippen LogP contribution >= 0.6 is 0 Å². The number of hydrogen-bond acceptors (Lipinski definition) is 6. The molecule has 6 heteroatoms. The first kappa shape index (κ1) is 74.4. The Morgan fingerprint density at radius 1 is 0.260 bits per heavy atom. The predicted octanol–water partition coefficient (Wildman–Crippen LogP) is 23.3. The summed E-state index contributed by atoms with van der Waals surface area (Å²) in [5.74, 6) is -0.856. The van der Waals surface area contributed by atoms with Gasteiger partial charge in [-0.2, -0.15) is 0 Å². The average Bonchev–Trinajstić information content (AvgIpc) is 3.43. The fourth-order valence-corrected chi connectivity index (χ4v) is 10.1. The molecule has 77 heavy (non-hydrogen) atoms. The molecule has 0 heterocycles. The van der Waals surface area contributed by atoms with Gasteiger partial charge in [-0.1, -0.05) is 294 Å². The second-order valence-corrected chi connectivity index (χ2v) is 23.1. The van der Waals surface area contributed by atoms with E-state index in [1.54, 1.807) is 0 Å². The topological polar surface area (TPSA) is 78.9 Å². The van der Waals surface area contributed by atoms with Crippen LogP contribution in [0.3, 0.4) is 0 Å². The Morgan fingerprint density at radius 2 is 0.468 bits per heavy atom. The van der Waals surface area contributed by atoms with Crippen molar-refractivity contribution in [2.45, 2.75) is 374 Å². The maximum Gasteiger partial charge on any atom is 0.306 e. The minimum atomic E-state index is -0.777. The van der Waals surface area contributed by atoms with Gasteiger partial charge in [0.1, 0.15) is 13.2 Å². The number of hydrogen-bond donors (Lipinski definition) is 0. The summed E-state index contributed by atoms with van der Waals surface area (Å²) in [6, 6.07) is 0. The van der Waals surface area contributed by atoms with Crippen molar-refractivity contribution in [3.05, 3.63) is 48.6 Å². The van der Waals surface area contributed by atoms with Crippen molar-refractivity contribution in [2.75, 3.05) is 13.2 Å². The van der Waals surface area contributed by atoms with Crippen LogP contribution in [-0.2, 0) is 28.6 Å². The predicted molar refractivity (Wildman–Crippen MR) is 335 cm³/mol. The number of carbonyl (C=O) groups is 3. The second-order valence-electron chi connectivity index (χ2n) is 23.1. The number of carbonyl (C=O) groups excluding carboxylic acids is 3. The molecule has 0 aliphatic heterocycles. The molecule has 0 bridgehead atoms. The quantitative estimate of drug-likeness (QED) is 0.0261. The molecule has 6 nitrogen and oxygen atoms in total. The molecule has 0 aliphatic rings. The lowest BCUT2D eigenvalue weighted by Gasteiger charge is -2.18. The molecule has 0 fully saturated rings. The van der Waals surface area contributed by atoms with E-state index < -0.39 is 6.10 Å². The smallest absolute Gasteiger partial charge is 0.306 e. The van der Waals surface area contributed by atoms with Gasteiger partial charge in [0, 0.05) is 19.3 Å². The van der Waals surface area contributed by atoms with Crippen LogP contribution in [0.15, 0.2) is 48.6 Å². The Balaban J connectivity index is 4.35. The van der Waals surface area contributed by atoms with Crippen molar-refractivity contribution in [2.24, 2.45) is 0 Å². The summed E-state index contributed by atoms with van der Waals surface area (Å²) >= 11 is 0. The number of esters is 3. The van der Waals surface area contributed by atoms with Gasteiger partial charge in [-0.15, -0.1) is 0 Å². The van der Waals surface area contributed by atoms with E-state index in [-0.39, 0.29) is 31.1 Å². The molecule has 0 aromatic rings. The molecule has 0 radical (unpaired) electrons. The van der Waals surface area contributed by atoms with Gasteiger partial charge in [-0.05, 0) is 103 Å².